The third-order valence-corrected chi connectivity index (χ3v) is 3.86. The summed E-state index contributed by atoms with van der Waals surface area (Å²) in [5.74, 6) is -0.923. The Morgan fingerprint density at radius 3 is 2.86 bits per heavy atom. The number of benzene rings is 1. The van der Waals surface area contributed by atoms with Crippen molar-refractivity contribution >= 4 is 17.6 Å². The second-order valence-electron chi connectivity index (χ2n) is 5.52. The van der Waals surface area contributed by atoms with E-state index in [0.29, 0.717) is 30.9 Å². The lowest BCUT2D eigenvalue weighted by molar-refractivity contribution is -0.143. The van der Waals surface area contributed by atoms with Gasteiger partial charge in [-0.25, -0.2) is 0 Å². The summed E-state index contributed by atoms with van der Waals surface area (Å²) in [4.78, 5) is 23.4. The van der Waals surface area contributed by atoms with E-state index in [1.807, 2.05) is 0 Å². The number of carbonyl (C=O) groups excluding carboxylic acids is 1. The molecule has 22 heavy (non-hydrogen) atoms. The van der Waals surface area contributed by atoms with Crippen LogP contribution in [0.3, 0.4) is 0 Å². The van der Waals surface area contributed by atoms with Crippen molar-refractivity contribution in [1.29, 1.82) is 0 Å². The molecule has 1 saturated carbocycles. The first-order chi connectivity index (χ1) is 10.6. The van der Waals surface area contributed by atoms with Gasteiger partial charge in [0.1, 0.15) is 12.4 Å². The van der Waals surface area contributed by atoms with Gasteiger partial charge in [0.05, 0.1) is 5.92 Å². The van der Waals surface area contributed by atoms with E-state index in [1.54, 1.807) is 30.3 Å². The molecule has 1 amide bonds. The molecule has 2 atom stereocenters. The van der Waals surface area contributed by atoms with Crippen LogP contribution >= 0.6 is 0 Å². The van der Waals surface area contributed by atoms with Gasteiger partial charge < -0.3 is 15.2 Å². The number of nitrogens with one attached hydrogen (secondary N) is 1. The van der Waals surface area contributed by atoms with E-state index in [2.05, 4.69) is 11.9 Å². The predicted octanol–water partition coefficient (Wildman–Crippen LogP) is 3.08. The van der Waals surface area contributed by atoms with Crippen molar-refractivity contribution in [2.75, 3.05) is 11.9 Å². The fourth-order valence-electron chi connectivity index (χ4n) is 2.72. The molecule has 2 N–H and O–H groups in total. The van der Waals surface area contributed by atoms with Gasteiger partial charge in [-0.15, -0.1) is 0 Å². The largest absolute Gasteiger partial charge is 0.489 e. The molecule has 2 unspecified atom stereocenters. The maximum Gasteiger partial charge on any atom is 0.306 e. The van der Waals surface area contributed by atoms with Gasteiger partial charge in [0, 0.05) is 17.7 Å². The lowest BCUT2D eigenvalue weighted by Crippen LogP contribution is -2.30. The average molecular weight is 303 g/mol. The maximum atomic E-state index is 12.3. The number of hydrogen-bond donors (Lipinski definition) is 2. The highest BCUT2D eigenvalue weighted by Crippen LogP contribution is 2.30. The summed E-state index contributed by atoms with van der Waals surface area (Å²) in [6.45, 7) is 3.99. The van der Waals surface area contributed by atoms with E-state index in [-0.39, 0.29) is 11.8 Å². The van der Waals surface area contributed by atoms with Crippen LogP contribution in [0.25, 0.3) is 0 Å². The van der Waals surface area contributed by atoms with Gasteiger partial charge in [-0.2, -0.15) is 0 Å². The van der Waals surface area contributed by atoms with E-state index in [9.17, 15) is 9.59 Å². The van der Waals surface area contributed by atoms with Crippen LogP contribution < -0.4 is 10.1 Å². The molecule has 0 radical (unpaired) electrons. The molecule has 1 aromatic rings. The molecule has 5 nitrogen and oxygen atoms in total. The number of carboxylic acid groups (broad SMARTS) is 1. The number of carbonyl (C=O) groups is 2. The summed E-state index contributed by atoms with van der Waals surface area (Å²) >= 11 is 0. The Bertz CT molecular complexity index is 555. The summed E-state index contributed by atoms with van der Waals surface area (Å²) in [5.41, 5.74) is 0.656. The van der Waals surface area contributed by atoms with Crippen molar-refractivity contribution in [2.24, 2.45) is 11.8 Å². The highest BCUT2D eigenvalue weighted by molar-refractivity contribution is 5.93. The standard InChI is InChI=1S/C17H21NO4/c1-2-9-22-15-8-4-7-14(11-15)18-16(19)12-5-3-6-13(10-12)17(20)21/h2,4,7-8,11-13H,1,3,5-6,9-10H2,(H,18,19)(H,20,21). The maximum absolute atomic E-state index is 12.3. The first kappa shape index (κ1) is 16.1. The number of carboxylic acids is 1. The van der Waals surface area contributed by atoms with Crippen LogP contribution in [0.4, 0.5) is 5.69 Å². The number of ether oxygens (including phenoxy) is 1. The smallest absolute Gasteiger partial charge is 0.306 e. The summed E-state index contributed by atoms with van der Waals surface area (Å²) in [5, 5.41) is 11.9. The Kier molecular flexibility index (Phi) is 5.58. The molecule has 0 spiro atoms. The first-order valence-corrected chi connectivity index (χ1v) is 7.47. The number of anilines is 1. The zero-order chi connectivity index (χ0) is 15.9. The Morgan fingerprint density at radius 2 is 2.14 bits per heavy atom. The van der Waals surface area contributed by atoms with E-state index in [0.717, 1.165) is 12.8 Å². The van der Waals surface area contributed by atoms with Crippen LogP contribution in [0, 0.1) is 11.8 Å². The van der Waals surface area contributed by atoms with Crippen LogP contribution in [-0.4, -0.2) is 23.6 Å². The molecule has 0 bridgehead atoms. The van der Waals surface area contributed by atoms with Crippen LogP contribution in [-0.2, 0) is 9.59 Å². The van der Waals surface area contributed by atoms with Gasteiger partial charge in [0.15, 0.2) is 0 Å². The zero-order valence-corrected chi connectivity index (χ0v) is 12.5. The first-order valence-electron chi connectivity index (χ1n) is 7.47. The number of hydrogen-bond acceptors (Lipinski definition) is 3. The summed E-state index contributed by atoms with van der Waals surface area (Å²) in [6, 6.07) is 7.14. The van der Waals surface area contributed by atoms with E-state index >= 15 is 0 Å². The van der Waals surface area contributed by atoms with Crippen LogP contribution in [0.15, 0.2) is 36.9 Å². The predicted molar refractivity (Wildman–Crippen MR) is 83.8 cm³/mol. The fourth-order valence-corrected chi connectivity index (χ4v) is 2.72. The monoisotopic (exact) mass is 303 g/mol. The van der Waals surface area contributed by atoms with Gasteiger partial charge in [-0.3, -0.25) is 9.59 Å². The quantitative estimate of drug-likeness (QED) is 0.792. The van der Waals surface area contributed by atoms with Crippen LogP contribution in [0.1, 0.15) is 25.7 Å². The third-order valence-electron chi connectivity index (χ3n) is 3.86. The zero-order valence-electron chi connectivity index (χ0n) is 12.5. The summed E-state index contributed by atoms with van der Waals surface area (Å²) in [6.07, 6.45) is 4.23. The van der Waals surface area contributed by atoms with Crippen molar-refractivity contribution in [3.63, 3.8) is 0 Å². The minimum atomic E-state index is -0.808. The molecule has 0 heterocycles. The topological polar surface area (TPSA) is 75.6 Å². The van der Waals surface area contributed by atoms with Gasteiger partial charge >= 0.3 is 5.97 Å². The van der Waals surface area contributed by atoms with Crippen LogP contribution in [0.5, 0.6) is 5.75 Å². The molecular weight excluding hydrogens is 282 g/mol. The molecule has 1 aromatic carbocycles. The van der Waals surface area contributed by atoms with Crippen molar-refractivity contribution in [2.45, 2.75) is 25.7 Å². The van der Waals surface area contributed by atoms with E-state index < -0.39 is 11.9 Å². The molecule has 0 saturated heterocycles. The molecule has 1 aliphatic rings. The molecule has 0 aliphatic heterocycles. The van der Waals surface area contributed by atoms with Gasteiger partial charge in [0.25, 0.3) is 0 Å². The molecule has 2 rings (SSSR count). The van der Waals surface area contributed by atoms with Crippen LogP contribution in [0.2, 0.25) is 0 Å². The van der Waals surface area contributed by atoms with Gasteiger partial charge in [-0.1, -0.05) is 25.1 Å². The Hall–Kier alpha value is -2.30. The second-order valence-corrected chi connectivity index (χ2v) is 5.52. The highest BCUT2D eigenvalue weighted by atomic mass is 16.5. The number of rotatable bonds is 6. The van der Waals surface area contributed by atoms with Crippen molar-refractivity contribution < 1.29 is 19.4 Å². The molecule has 1 fully saturated rings. The van der Waals surface area contributed by atoms with E-state index in [4.69, 9.17) is 9.84 Å². The van der Waals surface area contributed by atoms with Crippen molar-refractivity contribution in [1.82, 2.24) is 0 Å². The Labute approximate surface area is 130 Å². The van der Waals surface area contributed by atoms with Gasteiger partial charge in [0.2, 0.25) is 5.91 Å². The SMILES string of the molecule is C=CCOc1cccc(NC(=O)C2CCCC(C(=O)O)C2)c1. The van der Waals surface area contributed by atoms with Crippen molar-refractivity contribution in [3.8, 4) is 5.75 Å². The highest BCUT2D eigenvalue weighted by Gasteiger charge is 2.31. The Balaban J connectivity index is 1.96. The minimum Gasteiger partial charge on any atom is -0.489 e. The lowest BCUT2D eigenvalue weighted by Gasteiger charge is -2.25. The molecule has 1 aliphatic carbocycles. The Morgan fingerprint density at radius 1 is 1.36 bits per heavy atom. The molecule has 5 heteroatoms. The number of aliphatic carboxylic acids is 1. The summed E-state index contributed by atoms with van der Waals surface area (Å²) < 4.78 is 5.42. The second kappa shape index (κ2) is 7.64. The lowest BCUT2D eigenvalue weighted by atomic mass is 9.81. The molecule has 118 valence electrons. The van der Waals surface area contributed by atoms with Crippen molar-refractivity contribution in [3.05, 3.63) is 36.9 Å². The third kappa shape index (κ3) is 4.35. The summed E-state index contributed by atoms with van der Waals surface area (Å²) in [7, 11) is 0. The average Bonchev–Trinajstić information content (AvgIpc) is 2.53. The number of amides is 1. The minimum absolute atomic E-state index is 0.119. The van der Waals surface area contributed by atoms with E-state index in [1.165, 1.54) is 0 Å². The molecular formula is C17H21NO4. The van der Waals surface area contributed by atoms with Gasteiger partial charge in [-0.05, 0) is 31.4 Å². The molecule has 0 aromatic heterocycles. The normalized spacial score (nSPS) is 20.9. The fraction of sp³-hybridized carbons (Fsp3) is 0.412.